The van der Waals surface area contributed by atoms with Gasteiger partial charge in [-0.1, -0.05) is 18.2 Å². The molecule has 0 radical (unpaired) electrons. The molecule has 8 nitrogen and oxygen atoms in total. The van der Waals surface area contributed by atoms with E-state index in [1.165, 1.54) is 13.3 Å². The number of hydrazone groups is 1. The highest BCUT2D eigenvalue weighted by molar-refractivity contribution is 6.04. The van der Waals surface area contributed by atoms with Gasteiger partial charge in [0.1, 0.15) is 12.2 Å². The first-order valence-corrected chi connectivity index (χ1v) is 9.32. The number of phenols is 1. The average Bonchev–Trinajstić information content (AvgIpc) is 2.72. The number of anilines is 1. The number of allylic oxidation sites excluding steroid dienone is 1. The van der Waals surface area contributed by atoms with Crippen LogP contribution in [0.2, 0.25) is 0 Å². The number of carbonyl (C=O) groups excluding carboxylic acids is 2. The summed E-state index contributed by atoms with van der Waals surface area (Å²) in [4.78, 5) is 24.0. The largest absolute Gasteiger partial charge is 0.504 e. The third-order valence-corrected chi connectivity index (χ3v) is 3.95. The number of benzene rings is 2. The number of phenolic OH excluding ortho intramolecular Hbond substituents is 1. The first kappa shape index (κ1) is 22.5. The third kappa shape index (κ3) is 6.37. The van der Waals surface area contributed by atoms with E-state index in [9.17, 15) is 14.7 Å². The summed E-state index contributed by atoms with van der Waals surface area (Å²) in [5.74, 6) is -0.207. The lowest BCUT2D eigenvalue weighted by atomic mass is 10.1. The van der Waals surface area contributed by atoms with Gasteiger partial charge in [-0.2, -0.15) is 5.10 Å². The Bertz CT molecular complexity index is 940. The number of hydrogen-bond donors (Lipinski definition) is 3. The minimum Gasteiger partial charge on any atom is -0.504 e. The fourth-order valence-electron chi connectivity index (χ4n) is 2.65. The van der Waals surface area contributed by atoms with Gasteiger partial charge in [0, 0.05) is 5.56 Å². The summed E-state index contributed by atoms with van der Waals surface area (Å²) in [6.07, 6.45) is 3.11. The Morgan fingerprint density at radius 3 is 2.67 bits per heavy atom. The summed E-state index contributed by atoms with van der Waals surface area (Å²) >= 11 is 0. The van der Waals surface area contributed by atoms with Crippen molar-refractivity contribution >= 4 is 23.7 Å². The van der Waals surface area contributed by atoms with E-state index in [0.29, 0.717) is 41.3 Å². The zero-order valence-electron chi connectivity index (χ0n) is 17.0. The van der Waals surface area contributed by atoms with Crippen LogP contribution >= 0.6 is 0 Å². The molecule has 0 aromatic heterocycles. The van der Waals surface area contributed by atoms with E-state index in [4.69, 9.17) is 9.47 Å². The van der Waals surface area contributed by atoms with Crippen LogP contribution in [-0.4, -0.2) is 36.9 Å². The van der Waals surface area contributed by atoms with Gasteiger partial charge in [0.25, 0.3) is 0 Å². The Hall–Kier alpha value is -3.81. The van der Waals surface area contributed by atoms with Crippen molar-refractivity contribution < 1.29 is 24.2 Å². The second kappa shape index (κ2) is 11.3. The summed E-state index contributed by atoms with van der Waals surface area (Å²) in [7, 11) is 1.49. The van der Waals surface area contributed by atoms with Crippen molar-refractivity contribution in [2.75, 3.05) is 19.0 Å². The molecule has 2 amide bonds. The van der Waals surface area contributed by atoms with E-state index in [-0.39, 0.29) is 5.75 Å². The molecule has 0 bridgehead atoms. The molecule has 2 aromatic carbocycles. The van der Waals surface area contributed by atoms with E-state index < -0.39 is 18.2 Å². The molecule has 0 aliphatic carbocycles. The molecule has 0 unspecified atom stereocenters. The van der Waals surface area contributed by atoms with E-state index in [0.717, 1.165) is 0 Å². The molecular formula is C22H25N3O5. The number of carbonyl (C=O) groups is 2. The van der Waals surface area contributed by atoms with Crippen molar-refractivity contribution in [3.63, 3.8) is 0 Å². The molecule has 2 rings (SSSR count). The quantitative estimate of drug-likeness (QED) is 0.241. The summed E-state index contributed by atoms with van der Waals surface area (Å²) in [6, 6.07) is 10.2. The van der Waals surface area contributed by atoms with Crippen LogP contribution in [0, 0.1) is 0 Å². The summed E-state index contributed by atoms with van der Waals surface area (Å²) in [5.41, 5.74) is 4.03. The molecule has 0 heterocycles. The molecule has 0 aliphatic heterocycles. The molecule has 0 aliphatic rings. The fraction of sp³-hybridized carbons (Fsp3) is 0.227. The Labute approximate surface area is 175 Å². The molecule has 0 spiro atoms. The number of methoxy groups -OCH3 is 1. The Kier molecular flexibility index (Phi) is 8.43. The molecule has 30 heavy (non-hydrogen) atoms. The normalized spacial score (nSPS) is 10.5. The lowest BCUT2D eigenvalue weighted by Crippen LogP contribution is -2.24. The van der Waals surface area contributed by atoms with Gasteiger partial charge in [-0.3, -0.25) is 9.59 Å². The SMILES string of the molecule is C=CCc1cc(/C=N/NC(=O)CC(=O)Nc2ccccc2OC)cc(OCC)c1O. The smallest absolute Gasteiger partial charge is 0.249 e. The third-order valence-electron chi connectivity index (χ3n) is 3.95. The number of amides is 2. The van der Waals surface area contributed by atoms with Crippen LogP contribution in [-0.2, 0) is 16.0 Å². The number of nitrogens with one attached hydrogen (secondary N) is 2. The van der Waals surface area contributed by atoms with Crippen LogP contribution in [0.5, 0.6) is 17.2 Å². The maximum Gasteiger partial charge on any atom is 0.249 e. The van der Waals surface area contributed by atoms with Crippen molar-refractivity contribution in [3.05, 3.63) is 60.2 Å². The first-order chi connectivity index (χ1) is 14.5. The average molecular weight is 411 g/mol. The van der Waals surface area contributed by atoms with Crippen LogP contribution in [0.25, 0.3) is 0 Å². The van der Waals surface area contributed by atoms with Crippen LogP contribution < -0.4 is 20.2 Å². The molecule has 158 valence electrons. The molecule has 0 atom stereocenters. The molecular weight excluding hydrogens is 386 g/mol. The zero-order valence-corrected chi connectivity index (χ0v) is 17.0. The molecule has 0 saturated carbocycles. The van der Waals surface area contributed by atoms with Crippen molar-refractivity contribution in [2.24, 2.45) is 5.10 Å². The number of aromatic hydroxyl groups is 1. The van der Waals surface area contributed by atoms with Gasteiger partial charge in [0.05, 0.1) is 25.6 Å². The van der Waals surface area contributed by atoms with Gasteiger partial charge in [-0.05, 0) is 43.2 Å². The van der Waals surface area contributed by atoms with Crippen molar-refractivity contribution in [2.45, 2.75) is 19.8 Å². The Balaban J connectivity index is 1.98. The molecule has 0 saturated heterocycles. The number of rotatable bonds is 10. The Morgan fingerprint density at radius 1 is 1.20 bits per heavy atom. The van der Waals surface area contributed by atoms with Crippen molar-refractivity contribution in [1.29, 1.82) is 0 Å². The summed E-state index contributed by atoms with van der Waals surface area (Å²) in [5, 5.41) is 16.7. The molecule has 3 N–H and O–H groups in total. The highest BCUT2D eigenvalue weighted by atomic mass is 16.5. The fourth-order valence-corrected chi connectivity index (χ4v) is 2.65. The van der Waals surface area contributed by atoms with Crippen LogP contribution in [0.15, 0.2) is 54.2 Å². The molecule has 0 fully saturated rings. The van der Waals surface area contributed by atoms with Gasteiger partial charge in [0.2, 0.25) is 11.8 Å². The number of ether oxygens (including phenoxy) is 2. The highest BCUT2D eigenvalue weighted by Crippen LogP contribution is 2.32. The van der Waals surface area contributed by atoms with Crippen molar-refractivity contribution in [1.82, 2.24) is 5.43 Å². The first-order valence-electron chi connectivity index (χ1n) is 9.32. The van der Waals surface area contributed by atoms with Gasteiger partial charge in [0.15, 0.2) is 11.5 Å². The number of para-hydroxylation sites is 2. The maximum absolute atomic E-state index is 12.1. The van der Waals surface area contributed by atoms with Crippen LogP contribution in [0.3, 0.4) is 0 Å². The zero-order chi connectivity index (χ0) is 21.9. The Morgan fingerprint density at radius 2 is 1.97 bits per heavy atom. The molecule has 2 aromatic rings. The van der Waals surface area contributed by atoms with Crippen LogP contribution in [0.1, 0.15) is 24.5 Å². The van der Waals surface area contributed by atoms with E-state index in [1.807, 2.05) is 6.92 Å². The standard InChI is InChI=1S/C22H25N3O5/c1-4-8-16-11-15(12-19(22(16)28)30-5-2)14-23-25-21(27)13-20(26)24-17-9-6-7-10-18(17)29-3/h4,6-7,9-12,14,28H,1,5,8,13H2,2-3H3,(H,24,26)(H,25,27)/b23-14+. The predicted octanol–water partition coefficient (Wildman–Crippen LogP) is 3.01. The van der Waals surface area contributed by atoms with Crippen LogP contribution in [0.4, 0.5) is 5.69 Å². The monoisotopic (exact) mass is 411 g/mol. The lowest BCUT2D eigenvalue weighted by Gasteiger charge is -2.11. The predicted molar refractivity (Wildman–Crippen MR) is 115 cm³/mol. The minimum absolute atomic E-state index is 0.0472. The summed E-state index contributed by atoms with van der Waals surface area (Å²) < 4.78 is 10.6. The van der Waals surface area contributed by atoms with E-state index >= 15 is 0 Å². The van der Waals surface area contributed by atoms with E-state index in [2.05, 4.69) is 22.4 Å². The topological polar surface area (TPSA) is 109 Å². The second-order valence-corrected chi connectivity index (χ2v) is 6.17. The lowest BCUT2D eigenvalue weighted by molar-refractivity contribution is -0.126. The molecule has 8 heteroatoms. The summed E-state index contributed by atoms with van der Waals surface area (Å²) in [6.45, 7) is 5.87. The minimum atomic E-state index is -0.575. The van der Waals surface area contributed by atoms with Gasteiger partial charge in [-0.25, -0.2) is 5.43 Å². The number of nitrogens with zero attached hydrogens (tertiary/aromatic N) is 1. The van der Waals surface area contributed by atoms with Gasteiger partial charge in [-0.15, -0.1) is 6.58 Å². The van der Waals surface area contributed by atoms with Crippen molar-refractivity contribution in [3.8, 4) is 17.2 Å². The second-order valence-electron chi connectivity index (χ2n) is 6.17. The van der Waals surface area contributed by atoms with Gasteiger partial charge < -0.3 is 19.9 Å². The maximum atomic E-state index is 12.1. The van der Waals surface area contributed by atoms with E-state index in [1.54, 1.807) is 42.5 Å². The number of hydrogen-bond acceptors (Lipinski definition) is 6. The van der Waals surface area contributed by atoms with Gasteiger partial charge >= 0.3 is 0 Å². The highest BCUT2D eigenvalue weighted by Gasteiger charge is 2.12.